The molecule has 0 bridgehead atoms. The van der Waals surface area contributed by atoms with Gasteiger partial charge in [-0.15, -0.1) is 5.92 Å². The van der Waals surface area contributed by atoms with Gasteiger partial charge in [0, 0.05) is 47.1 Å². The van der Waals surface area contributed by atoms with Crippen LogP contribution in [0.3, 0.4) is 0 Å². The molecule has 0 saturated carbocycles. The molecule has 0 amide bonds. The van der Waals surface area contributed by atoms with Crippen molar-refractivity contribution in [3.63, 3.8) is 0 Å². The molecule has 0 atom stereocenters. The number of nitrogens with one attached hydrogen (secondary N) is 1. The molecule has 7 nitrogen and oxygen atoms in total. The molecule has 3 aromatic carbocycles. The Kier molecular flexibility index (Phi) is 8.27. The summed E-state index contributed by atoms with van der Waals surface area (Å²) < 4.78 is 5.88. The van der Waals surface area contributed by atoms with E-state index in [1.807, 2.05) is 24.3 Å². The molecule has 196 valence electrons. The molecule has 4 rings (SSSR count). The van der Waals surface area contributed by atoms with Crippen LogP contribution < -0.4 is 10.5 Å². The van der Waals surface area contributed by atoms with E-state index in [2.05, 4.69) is 21.8 Å². The van der Waals surface area contributed by atoms with Crippen molar-refractivity contribution < 1.29 is 19.4 Å². The third-order valence-corrected chi connectivity index (χ3v) is 6.18. The minimum absolute atomic E-state index is 0.0483. The van der Waals surface area contributed by atoms with Gasteiger partial charge in [-0.1, -0.05) is 18.1 Å². The van der Waals surface area contributed by atoms with Crippen molar-refractivity contribution in [3.8, 4) is 29.1 Å². The van der Waals surface area contributed by atoms with Gasteiger partial charge in [0.15, 0.2) is 5.78 Å². The first-order valence-corrected chi connectivity index (χ1v) is 12.4. The molecule has 0 aliphatic carbocycles. The Labute approximate surface area is 227 Å². The summed E-state index contributed by atoms with van der Waals surface area (Å²) in [5.74, 6) is 6.67. The second kappa shape index (κ2) is 12.0. The van der Waals surface area contributed by atoms with E-state index in [0.29, 0.717) is 46.9 Å². The average molecular weight is 520 g/mol. The van der Waals surface area contributed by atoms with Crippen LogP contribution in [0.4, 0.5) is 0 Å². The van der Waals surface area contributed by atoms with E-state index >= 15 is 0 Å². The first-order valence-electron chi connectivity index (χ1n) is 12.4. The maximum absolute atomic E-state index is 13.3. The lowest BCUT2D eigenvalue weighted by Crippen LogP contribution is -2.14. The van der Waals surface area contributed by atoms with Crippen molar-refractivity contribution in [2.45, 2.75) is 26.7 Å². The number of aromatic nitrogens is 1. The van der Waals surface area contributed by atoms with Crippen LogP contribution in [0.1, 0.15) is 52.2 Å². The lowest BCUT2D eigenvalue weighted by atomic mass is 10.0. The van der Waals surface area contributed by atoms with E-state index in [4.69, 9.17) is 10.5 Å². The predicted octanol–water partition coefficient (Wildman–Crippen LogP) is 5.97. The molecule has 0 saturated heterocycles. The van der Waals surface area contributed by atoms with Crippen molar-refractivity contribution >= 4 is 28.7 Å². The summed E-state index contributed by atoms with van der Waals surface area (Å²) in [6.07, 6.45) is 2.17. The number of ether oxygens (including phenoxy) is 1. The van der Waals surface area contributed by atoms with Crippen molar-refractivity contribution in [3.05, 3.63) is 100 Å². The fourth-order valence-electron chi connectivity index (χ4n) is 4.18. The molecular weight excluding hydrogens is 490 g/mol. The summed E-state index contributed by atoms with van der Waals surface area (Å²) in [6, 6.07) is 19.4. The summed E-state index contributed by atoms with van der Waals surface area (Å²) in [6.45, 7) is 3.27. The number of phenolic OH excluding ortho intramolecular Hbond substituents is 1. The number of rotatable bonds is 9. The van der Waals surface area contributed by atoms with Gasteiger partial charge >= 0.3 is 0 Å². The highest BCUT2D eigenvalue weighted by Crippen LogP contribution is 2.29. The van der Waals surface area contributed by atoms with E-state index < -0.39 is 0 Å². The summed E-state index contributed by atoms with van der Waals surface area (Å²) in [7, 11) is 1.57. The number of phenols is 1. The average Bonchev–Trinajstić information content (AvgIpc) is 3.35. The number of allylic oxidation sites excluding steroid dienone is 2. The smallest absolute Gasteiger partial charge is 0.212 e. The Morgan fingerprint density at radius 3 is 2.59 bits per heavy atom. The normalized spacial score (nSPS) is 11.7. The number of H-pyrrole nitrogens is 1. The molecule has 0 aliphatic heterocycles. The quantitative estimate of drug-likeness (QED) is 0.109. The third kappa shape index (κ3) is 6.43. The summed E-state index contributed by atoms with van der Waals surface area (Å²) in [5, 5.41) is 11.4. The minimum Gasteiger partial charge on any atom is -0.508 e. The summed E-state index contributed by atoms with van der Waals surface area (Å²) >= 11 is 0. The number of benzene rings is 3. The van der Waals surface area contributed by atoms with Gasteiger partial charge in [-0.3, -0.25) is 14.6 Å². The van der Waals surface area contributed by atoms with E-state index in [1.54, 1.807) is 56.4 Å². The van der Waals surface area contributed by atoms with Gasteiger partial charge in [0.2, 0.25) is 5.78 Å². The third-order valence-electron chi connectivity index (χ3n) is 6.18. The summed E-state index contributed by atoms with van der Waals surface area (Å²) in [5.41, 5.74) is 10.1. The van der Waals surface area contributed by atoms with E-state index in [1.165, 1.54) is 13.1 Å². The van der Waals surface area contributed by atoms with Gasteiger partial charge in [-0.25, -0.2) is 0 Å². The number of hydrogen-bond acceptors (Lipinski definition) is 6. The van der Waals surface area contributed by atoms with Crippen molar-refractivity contribution in [2.75, 3.05) is 7.05 Å². The fraction of sp³-hybridized carbons (Fsp3) is 0.156. The van der Waals surface area contributed by atoms with E-state index in [9.17, 15) is 14.7 Å². The Morgan fingerprint density at radius 1 is 1.08 bits per heavy atom. The minimum atomic E-state index is -0.304. The topological polar surface area (TPSA) is 118 Å². The second-order valence-corrected chi connectivity index (χ2v) is 8.99. The standard InChI is InChI=1S/C32H29N3O4/c1-4-6-21-7-5-8-25(15-21)39-26-12-9-22(31(37)18-26)10-13-28(33)27(19-34-3)32(38)30-17-24-16-23(20(2)36)11-14-29(24)35-30/h5,7-9,11-12,14-19,35,37H,10,13,33H2,1-3H3/b28-27-,34-19?. The Hall–Kier alpha value is -5.09. The number of ketones is 2. The highest BCUT2D eigenvalue weighted by molar-refractivity contribution is 6.22. The van der Waals surface area contributed by atoms with Gasteiger partial charge in [-0.2, -0.15) is 0 Å². The van der Waals surface area contributed by atoms with Crippen LogP contribution in [0.5, 0.6) is 17.2 Å². The van der Waals surface area contributed by atoms with Crippen LogP contribution in [0.15, 0.2) is 83.0 Å². The largest absolute Gasteiger partial charge is 0.508 e. The van der Waals surface area contributed by atoms with Gasteiger partial charge in [0.05, 0.1) is 11.3 Å². The Balaban J connectivity index is 1.50. The Morgan fingerprint density at radius 2 is 1.87 bits per heavy atom. The number of carbonyl (C=O) groups excluding carboxylic acids is 2. The number of aromatic amines is 1. The van der Waals surface area contributed by atoms with E-state index in [-0.39, 0.29) is 22.9 Å². The maximum atomic E-state index is 13.3. The van der Waals surface area contributed by atoms with Crippen LogP contribution >= 0.6 is 0 Å². The molecule has 0 unspecified atom stereocenters. The molecule has 39 heavy (non-hydrogen) atoms. The van der Waals surface area contributed by atoms with Crippen LogP contribution in [0.2, 0.25) is 0 Å². The number of hydrogen-bond donors (Lipinski definition) is 3. The van der Waals surface area contributed by atoms with Gasteiger partial charge < -0.3 is 20.6 Å². The number of aliphatic imine (C=N–C) groups is 1. The number of nitrogens with two attached hydrogens (primary N) is 1. The van der Waals surface area contributed by atoms with Crippen molar-refractivity contribution in [1.29, 1.82) is 0 Å². The van der Waals surface area contributed by atoms with Crippen LogP contribution in [-0.4, -0.2) is 34.9 Å². The molecular formula is C32H29N3O4. The lowest BCUT2D eigenvalue weighted by Gasteiger charge is -2.11. The molecule has 4 N–H and O–H groups in total. The first-order chi connectivity index (χ1) is 18.8. The second-order valence-electron chi connectivity index (χ2n) is 8.99. The molecule has 0 fully saturated rings. The SMILES string of the molecule is CC#Cc1cccc(Oc2ccc(CC/C(N)=C(\C=NC)C(=O)c3cc4cc(C(C)=O)ccc4[nH]3)c(O)c2)c1. The number of fused-ring (bicyclic) bond motifs is 1. The zero-order chi connectivity index (χ0) is 27.9. The molecule has 0 aliphatic rings. The molecule has 7 heteroatoms. The highest BCUT2D eigenvalue weighted by Gasteiger charge is 2.18. The maximum Gasteiger partial charge on any atom is 0.212 e. The molecule has 1 aromatic heterocycles. The molecule has 0 radical (unpaired) electrons. The first kappa shape index (κ1) is 27.0. The predicted molar refractivity (Wildman–Crippen MR) is 154 cm³/mol. The summed E-state index contributed by atoms with van der Waals surface area (Å²) in [4.78, 5) is 32.2. The van der Waals surface area contributed by atoms with Crippen molar-refractivity contribution in [2.24, 2.45) is 10.7 Å². The van der Waals surface area contributed by atoms with Gasteiger partial charge in [0.1, 0.15) is 17.2 Å². The highest BCUT2D eigenvalue weighted by atomic mass is 16.5. The van der Waals surface area contributed by atoms with E-state index in [0.717, 1.165) is 16.5 Å². The van der Waals surface area contributed by atoms with Gasteiger partial charge in [0.25, 0.3) is 0 Å². The number of Topliss-reactive ketones (excluding diaryl/α,β-unsaturated/α-hetero) is 2. The number of nitrogens with zero attached hydrogens (tertiary/aromatic N) is 1. The number of aromatic hydroxyl groups is 1. The zero-order valence-electron chi connectivity index (χ0n) is 22.0. The lowest BCUT2D eigenvalue weighted by molar-refractivity contribution is 0.101. The number of aryl methyl sites for hydroxylation is 1. The molecule has 4 aromatic rings. The van der Waals surface area contributed by atoms with Gasteiger partial charge in [-0.05, 0) is 80.8 Å². The Bertz CT molecular complexity index is 1680. The fourth-order valence-corrected chi connectivity index (χ4v) is 4.18. The van der Waals surface area contributed by atoms with Crippen LogP contribution in [0.25, 0.3) is 10.9 Å². The molecule has 1 heterocycles. The zero-order valence-corrected chi connectivity index (χ0v) is 22.0. The van der Waals surface area contributed by atoms with Crippen LogP contribution in [-0.2, 0) is 6.42 Å². The van der Waals surface area contributed by atoms with Crippen LogP contribution in [0, 0.1) is 11.8 Å². The molecule has 0 spiro atoms. The van der Waals surface area contributed by atoms with Crippen molar-refractivity contribution in [1.82, 2.24) is 4.98 Å². The number of carbonyl (C=O) groups is 2. The monoisotopic (exact) mass is 519 g/mol.